The number of benzene rings is 1. The number of hydrogen-bond acceptors (Lipinski definition) is 2. The molecule has 0 aromatic heterocycles. The number of carbonyl (C=O) groups excluding carboxylic acids is 1. The zero-order chi connectivity index (χ0) is 13.0. The lowest BCUT2D eigenvalue weighted by Gasteiger charge is -2.17. The van der Waals surface area contributed by atoms with Crippen molar-refractivity contribution in [3.05, 3.63) is 33.8 Å². The summed E-state index contributed by atoms with van der Waals surface area (Å²) < 4.78 is 0. The highest BCUT2D eigenvalue weighted by Gasteiger charge is 2.15. The zero-order valence-electron chi connectivity index (χ0n) is 9.62. The maximum absolute atomic E-state index is 10.8. The summed E-state index contributed by atoms with van der Waals surface area (Å²) in [5.41, 5.74) is 12.0. The fourth-order valence-corrected chi connectivity index (χ4v) is 2.22. The molecule has 2 unspecified atom stereocenters. The van der Waals surface area contributed by atoms with Crippen LogP contribution >= 0.6 is 23.2 Å². The summed E-state index contributed by atoms with van der Waals surface area (Å²) in [6, 6.07) is 4.95. The van der Waals surface area contributed by atoms with E-state index >= 15 is 0 Å². The first-order chi connectivity index (χ1) is 7.90. The van der Waals surface area contributed by atoms with Gasteiger partial charge < -0.3 is 11.5 Å². The first-order valence-corrected chi connectivity index (χ1v) is 6.14. The van der Waals surface area contributed by atoms with Gasteiger partial charge in [0.25, 0.3) is 0 Å². The molecule has 1 aromatic carbocycles. The van der Waals surface area contributed by atoms with Gasteiger partial charge in [-0.1, -0.05) is 30.1 Å². The molecule has 0 aliphatic carbocycles. The van der Waals surface area contributed by atoms with Crippen molar-refractivity contribution in [3.63, 3.8) is 0 Å². The van der Waals surface area contributed by atoms with Gasteiger partial charge in [-0.25, -0.2) is 0 Å². The van der Waals surface area contributed by atoms with Gasteiger partial charge in [0.05, 0.1) is 0 Å². The summed E-state index contributed by atoms with van der Waals surface area (Å²) in [4.78, 5) is 10.8. The highest BCUT2D eigenvalue weighted by Crippen LogP contribution is 2.29. The molecule has 0 aliphatic rings. The fourth-order valence-electron chi connectivity index (χ4n) is 1.79. The smallest absolute Gasteiger partial charge is 0.217 e. The van der Waals surface area contributed by atoms with E-state index in [1.54, 1.807) is 18.2 Å². The average Bonchev–Trinajstić information content (AvgIpc) is 2.20. The van der Waals surface area contributed by atoms with E-state index in [2.05, 4.69) is 0 Å². The molecule has 0 radical (unpaired) electrons. The van der Waals surface area contributed by atoms with Crippen LogP contribution in [-0.4, -0.2) is 5.91 Å². The third-order valence-electron chi connectivity index (χ3n) is 2.56. The van der Waals surface area contributed by atoms with Crippen LogP contribution in [0.5, 0.6) is 0 Å². The summed E-state index contributed by atoms with van der Waals surface area (Å²) in [6.45, 7) is 1.93. The van der Waals surface area contributed by atoms with Crippen LogP contribution in [0.2, 0.25) is 10.0 Å². The van der Waals surface area contributed by atoms with Crippen LogP contribution in [0.3, 0.4) is 0 Å². The summed E-state index contributed by atoms with van der Waals surface area (Å²) in [6.07, 6.45) is 0.967. The largest absolute Gasteiger partial charge is 0.370 e. The lowest BCUT2D eigenvalue weighted by Crippen LogP contribution is -2.19. The summed E-state index contributed by atoms with van der Waals surface area (Å²) in [5, 5.41) is 1.19. The molecular weight excluding hydrogens is 259 g/mol. The second-order valence-corrected chi connectivity index (χ2v) is 5.13. The van der Waals surface area contributed by atoms with Crippen molar-refractivity contribution in [2.75, 3.05) is 0 Å². The van der Waals surface area contributed by atoms with Gasteiger partial charge in [-0.2, -0.15) is 0 Å². The first-order valence-electron chi connectivity index (χ1n) is 5.39. The van der Waals surface area contributed by atoms with Gasteiger partial charge in [0.1, 0.15) is 0 Å². The highest BCUT2D eigenvalue weighted by molar-refractivity contribution is 6.33. The lowest BCUT2D eigenvalue weighted by atomic mass is 9.94. The predicted molar refractivity (Wildman–Crippen MR) is 71.0 cm³/mol. The molecule has 94 valence electrons. The van der Waals surface area contributed by atoms with Crippen LogP contribution in [0.4, 0.5) is 0 Å². The van der Waals surface area contributed by atoms with Crippen molar-refractivity contribution in [3.8, 4) is 0 Å². The molecule has 0 saturated heterocycles. The van der Waals surface area contributed by atoms with E-state index in [-0.39, 0.29) is 17.9 Å². The molecule has 0 heterocycles. The molecule has 0 aliphatic heterocycles. The molecule has 1 rings (SSSR count). The Kier molecular flexibility index (Phi) is 5.25. The van der Waals surface area contributed by atoms with Gasteiger partial charge in [0.15, 0.2) is 0 Å². The Bertz CT molecular complexity index is 409. The second kappa shape index (κ2) is 6.24. The first kappa shape index (κ1) is 14.3. The molecule has 0 bridgehead atoms. The molecule has 1 aromatic rings. The van der Waals surface area contributed by atoms with Crippen molar-refractivity contribution < 1.29 is 4.79 Å². The lowest BCUT2D eigenvalue weighted by molar-refractivity contribution is -0.118. The predicted octanol–water partition coefficient (Wildman–Crippen LogP) is 2.89. The van der Waals surface area contributed by atoms with E-state index in [0.717, 1.165) is 5.56 Å². The Hall–Kier alpha value is -0.770. The highest BCUT2D eigenvalue weighted by atomic mass is 35.5. The van der Waals surface area contributed by atoms with Gasteiger partial charge in [-0.05, 0) is 36.1 Å². The van der Waals surface area contributed by atoms with E-state index in [9.17, 15) is 4.79 Å². The number of halogens is 2. The third kappa shape index (κ3) is 4.54. The molecule has 4 N–H and O–H groups in total. The molecular formula is C12H16Cl2N2O. The van der Waals surface area contributed by atoms with Crippen molar-refractivity contribution >= 4 is 29.1 Å². The molecule has 5 heteroatoms. The Labute approximate surface area is 111 Å². The number of nitrogens with two attached hydrogens (primary N) is 2. The molecule has 3 nitrogen and oxygen atoms in total. The molecule has 17 heavy (non-hydrogen) atoms. The van der Waals surface area contributed by atoms with E-state index in [1.807, 2.05) is 6.92 Å². The topological polar surface area (TPSA) is 69.1 Å². The molecule has 0 saturated carbocycles. The summed E-state index contributed by atoms with van der Waals surface area (Å²) >= 11 is 11.9. The van der Waals surface area contributed by atoms with E-state index < -0.39 is 0 Å². The van der Waals surface area contributed by atoms with Crippen molar-refractivity contribution in [1.29, 1.82) is 0 Å². The SMILES string of the molecule is CC(CC(N)=O)CC(N)c1cc(Cl)ccc1Cl. The second-order valence-electron chi connectivity index (χ2n) is 4.28. The van der Waals surface area contributed by atoms with Crippen LogP contribution in [0, 0.1) is 5.92 Å². The fraction of sp³-hybridized carbons (Fsp3) is 0.417. The van der Waals surface area contributed by atoms with Crippen LogP contribution in [0.15, 0.2) is 18.2 Å². The molecule has 0 fully saturated rings. The van der Waals surface area contributed by atoms with E-state index in [1.165, 1.54) is 0 Å². The van der Waals surface area contributed by atoms with Crippen molar-refractivity contribution in [2.24, 2.45) is 17.4 Å². The minimum atomic E-state index is -0.318. The minimum absolute atomic E-state index is 0.123. The summed E-state index contributed by atoms with van der Waals surface area (Å²) in [7, 11) is 0. The minimum Gasteiger partial charge on any atom is -0.370 e. The maximum atomic E-state index is 10.8. The number of rotatable bonds is 5. The molecule has 2 atom stereocenters. The zero-order valence-corrected chi connectivity index (χ0v) is 11.1. The van der Waals surface area contributed by atoms with Crippen molar-refractivity contribution in [1.82, 2.24) is 0 Å². The number of primary amides is 1. The van der Waals surface area contributed by atoms with Crippen molar-refractivity contribution in [2.45, 2.75) is 25.8 Å². The molecule has 1 amide bonds. The van der Waals surface area contributed by atoms with Crippen LogP contribution < -0.4 is 11.5 Å². The van der Waals surface area contributed by atoms with Crippen LogP contribution in [0.1, 0.15) is 31.4 Å². The Morgan fingerprint density at radius 2 is 2.06 bits per heavy atom. The normalized spacial score (nSPS) is 14.4. The van der Waals surface area contributed by atoms with Gasteiger partial charge in [0, 0.05) is 22.5 Å². The van der Waals surface area contributed by atoms with Crippen LogP contribution in [-0.2, 0) is 4.79 Å². The standard InChI is InChI=1S/C12H16Cl2N2O/c1-7(5-12(16)17)4-11(15)9-6-8(13)2-3-10(9)14/h2-3,6-7,11H,4-5,15H2,1H3,(H2,16,17). The Balaban J connectivity index is 2.72. The third-order valence-corrected chi connectivity index (χ3v) is 3.14. The van der Waals surface area contributed by atoms with Gasteiger partial charge in [-0.3, -0.25) is 4.79 Å². The van der Waals surface area contributed by atoms with Gasteiger partial charge >= 0.3 is 0 Å². The Morgan fingerprint density at radius 1 is 1.41 bits per heavy atom. The number of hydrogen-bond donors (Lipinski definition) is 2. The van der Waals surface area contributed by atoms with Gasteiger partial charge in [0.2, 0.25) is 5.91 Å². The summed E-state index contributed by atoms with van der Waals surface area (Å²) in [5.74, 6) is -0.195. The van der Waals surface area contributed by atoms with Crippen LogP contribution in [0.25, 0.3) is 0 Å². The quantitative estimate of drug-likeness (QED) is 0.867. The Morgan fingerprint density at radius 3 is 2.65 bits per heavy atom. The van der Waals surface area contributed by atoms with E-state index in [0.29, 0.717) is 22.9 Å². The monoisotopic (exact) mass is 274 g/mol. The number of carbonyl (C=O) groups is 1. The van der Waals surface area contributed by atoms with Gasteiger partial charge in [-0.15, -0.1) is 0 Å². The molecule has 0 spiro atoms. The number of amides is 1. The maximum Gasteiger partial charge on any atom is 0.217 e. The average molecular weight is 275 g/mol. The van der Waals surface area contributed by atoms with E-state index in [4.69, 9.17) is 34.7 Å².